The van der Waals surface area contributed by atoms with Gasteiger partial charge in [0.15, 0.2) is 0 Å². The summed E-state index contributed by atoms with van der Waals surface area (Å²) in [5, 5.41) is 5.47. The molecule has 0 saturated heterocycles. The molecule has 23 heavy (non-hydrogen) atoms. The number of carbonyl (C=O) groups excluding carboxylic acids is 2. The summed E-state index contributed by atoms with van der Waals surface area (Å²) in [4.78, 5) is 23.9. The van der Waals surface area contributed by atoms with Crippen molar-refractivity contribution in [1.29, 1.82) is 0 Å². The van der Waals surface area contributed by atoms with Crippen molar-refractivity contribution < 1.29 is 9.59 Å². The number of carbonyl (C=O) groups is 2. The summed E-state index contributed by atoms with van der Waals surface area (Å²) in [5.41, 5.74) is 8.06. The van der Waals surface area contributed by atoms with E-state index in [1.807, 2.05) is 26.0 Å². The Morgan fingerprint density at radius 1 is 1.00 bits per heavy atom. The minimum atomic E-state index is -0.609. The van der Waals surface area contributed by atoms with Gasteiger partial charge in [0.1, 0.15) is 6.04 Å². The molecule has 0 aliphatic carbocycles. The number of nitrogens with one attached hydrogen (secondary N) is 2. The van der Waals surface area contributed by atoms with Gasteiger partial charge in [-0.25, -0.2) is 0 Å². The molecule has 0 aromatic heterocycles. The smallest absolute Gasteiger partial charge is 0.242 e. The van der Waals surface area contributed by atoms with Crippen molar-refractivity contribution in [2.75, 3.05) is 0 Å². The zero-order chi connectivity index (χ0) is 17.6. The van der Waals surface area contributed by atoms with Crippen LogP contribution in [0.2, 0.25) is 0 Å². The third-order valence-corrected chi connectivity index (χ3v) is 3.89. The second kappa shape index (κ2) is 8.67. The Balaban J connectivity index is 2.48. The Morgan fingerprint density at radius 3 is 2.04 bits per heavy atom. The standard InChI is InChI=1S/C18H29N3O2/c1-11(2)15-8-6-14(7-9-15)10-20-17(22)13(5)21-18(23)16(19)12(3)4/h6-9,11-13,16H,10,19H2,1-5H3,(H,20,22)(H,21,23)/t13-,16-/m0/s1. The summed E-state index contributed by atoms with van der Waals surface area (Å²) in [6.07, 6.45) is 0. The summed E-state index contributed by atoms with van der Waals surface area (Å²) >= 11 is 0. The molecular formula is C18H29N3O2. The predicted octanol–water partition coefficient (Wildman–Crippen LogP) is 1.91. The molecule has 1 aromatic rings. The lowest BCUT2D eigenvalue weighted by Gasteiger charge is -2.19. The number of rotatable bonds is 7. The Bertz CT molecular complexity index is 524. The highest BCUT2D eigenvalue weighted by Crippen LogP contribution is 2.14. The maximum absolute atomic E-state index is 12.1. The van der Waals surface area contributed by atoms with Crippen molar-refractivity contribution in [3.05, 3.63) is 35.4 Å². The van der Waals surface area contributed by atoms with Gasteiger partial charge in [0.05, 0.1) is 6.04 Å². The van der Waals surface area contributed by atoms with Crippen LogP contribution in [0.25, 0.3) is 0 Å². The minimum Gasteiger partial charge on any atom is -0.350 e. The van der Waals surface area contributed by atoms with Crippen LogP contribution in [0.5, 0.6) is 0 Å². The number of benzene rings is 1. The van der Waals surface area contributed by atoms with Gasteiger partial charge in [-0.05, 0) is 29.9 Å². The van der Waals surface area contributed by atoms with Crippen molar-refractivity contribution in [2.45, 2.75) is 59.2 Å². The summed E-state index contributed by atoms with van der Waals surface area (Å²) < 4.78 is 0. The molecule has 0 fully saturated rings. The first-order chi connectivity index (χ1) is 10.7. The molecule has 2 atom stereocenters. The van der Waals surface area contributed by atoms with Gasteiger partial charge in [0.2, 0.25) is 11.8 Å². The summed E-state index contributed by atoms with van der Waals surface area (Å²) in [6, 6.07) is 6.94. The van der Waals surface area contributed by atoms with E-state index in [9.17, 15) is 9.59 Å². The molecular weight excluding hydrogens is 290 g/mol. The third-order valence-electron chi connectivity index (χ3n) is 3.89. The third kappa shape index (κ3) is 6.02. The highest BCUT2D eigenvalue weighted by atomic mass is 16.2. The Morgan fingerprint density at radius 2 is 1.57 bits per heavy atom. The molecule has 128 valence electrons. The lowest BCUT2D eigenvalue weighted by molar-refractivity contribution is -0.129. The minimum absolute atomic E-state index is 0.0322. The second-order valence-corrected chi connectivity index (χ2v) is 6.61. The van der Waals surface area contributed by atoms with E-state index >= 15 is 0 Å². The van der Waals surface area contributed by atoms with E-state index in [1.165, 1.54) is 5.56 Å². The highest BCUT2D eigenvalue weighted by Gasteiger charge is 2.21. The van der Waals surface area contributed by atoms with E-state index in [1.54, 1.807) is 6.92 Å². The van der Waals surface area contributed by atoms with Crippen LogP contribution >= 0.6 is 0 Å². The lowest BCUT2D eigenvalue weighted by Crippen LogP contribution is -2.51. The van der Waals surface area contributed by atoms with Crippen molar-refractivity contribution in [3.8, 4) is 0 Å². The lowest BCUT2D eigenvalue weighted by atomic mass is 10.0. The quantitative estimate of drug-likeness (QED) is 0.718. The zero-order valence-electron chi connectivity index (χ0n) is 14.7. The first kappa shape index (κ1) is 19.2. The normalized spacial score (nSPS) is 13.7. The number of nitrogens with two attached hydrogens (primary N) is 1. The molecule has 0 radical (unpaired) electrons. The highest BCUT2D eigenvalue weighted by molar-refractivity contribution is 5.89. The number of hydrogen-bond donors (Lipinski definition) is 3. The molecule has 0 spiro atoms. The molecule has 0 heterocycles. The summed E-state index contributed by atoms with van der Waals surface area (Å²) in [5.74, 6) is -0.00467. The molecule has 0 bridgehead atoms. The fourth-order valence-corrected chi connectivity index (χ4v) is 2.04. The zero-order valence-corrected chi connectivity index (χ0v) is 14.7. The monoisotopic (exact) mass is 319 g/mol. The first-order valence-electron chi connectivity index (χ1n) is 8.14. The van der Waals surface area contributed by atoms with Gasteiger partial charge >= 0.3 is 0 Å². The SMILES string of the molecule is CC(C)c1ccc(CNC(=O)[C@H](C)NC(=O)[C@@H](N)C(C)C)cc1. The van der Waals surface area contributed by atoms with Crippen molar-refractivity contribution in [2.24, 2.45) is 11.7 Å². The molecule has 0 unspecified atom stereocenters. The molecule has 0 aliphatic heterocycles. The predicted molar refractivity (Wildman–Crippen MR) is 92.8 cm³/mol. The van der Waals surface area contributed by atoms with Crippen LogP contribution in [-0.4, -0.2) is 23.9 Å². The molecule has 5 nitrogen and oxygen atoms in total. The van der Waals surface area contributed by atoms with Gasteiger partial charge in [0.25, 0.3) is 0 Å². The van der Waals surface area contributed by atoms with E-state index in [2.05, 4.69) is 36.6 Å². The topological polar surface area (TPSA) is 84.2 Å². The molecule has 0 aliphatic rings. The molecule has 0 saturated carbocycles. The number of amides is 2. The maximum Gasteiger partial charge on any atom is 0.242 e. The van der Waals surface area contributed by atoms with Crippen LogP contribution in [0.4, 0.5) is 0 Å². The fraction of sp³-hybridized carbons (Fsp3) is 0.556. The van der Waals surface area contributed by atoms with Gasteiger partial charge < -0.3 is 16.4 Å². The van der Waals surface area contributed by atoms with Gasteiger partial charge in [-0.2, -0.15) is 0 Å². The summed E-state index contributed by atoms with van der Waals surface area (Å²) in [6.45, 7) is 10.1. The van der Waals surface area contributed by atoms with Crippen LogP contribution in [0.15, 0.2) is 24.3 Å². The van der Waals surface area contributed by atoms with Crippen LogP contribution in [-0.2, 0) is 16.1 Å². The number of hydrogen-bond acceptors (Lipinski definition) is 3. The Hall–Kier alpha value is -1.88. The molecule has 5 heteroatoms. The van der Waals surface area contributed by atoms with Crippen molar-refractivity contribution in [3.63, 3.8) is 0 Å². The second-order valence-electron chi connectivity index (χ2n) is 6.61. The maximum atomic E-state index is 12.1. The van der Waals surface area contributed by atoms with Gasteiger partial charge in [-0.3, -0.25) is 9.59 Å². The van der Waals surface area contributed by atoms with Crippen LogP contribution in [0, 0.1) is 5.92 Å². The largest absolute Gasteiger partial charge is 0.350 e. The van der Waals surface area contributed by atoms with Crippen LogP contribution in [0.3, 0.4) is 0 Å². The average molecular weight is 319 g/mol. The van der Waals surface area contributed by atoms with Crippen molar-refractivity contribution >= 4 is 11.8 Å². The van der Waals surface area contributed by atoms with Crippen LogP contribution < -0.4 is 16.4 Å². The van der Waals surface area contributed by atoms with E-state index in [4.69, 9.17) is 5.73 Å². The van der Waals surface area contributed by atoms with E-state index in [-0.39, 0.29) is 17.7 Å². The summed E-state index contributed by atoms with van der Waals surface area (Å²) in [7, 11) is 0. The molecule has 1 aromatic carbocycles. The fourth-order valence-electron chi connectivity index (χ4n) is 2.04. The average Bonchev–Trinajstić information content (AvgIpc) is 2.51. The Labute approximate surface area is 139 Å². The molecule has 1 rings (SSSR count). The van der Waals surface area contributed by atoms with Gasteiger partial charge in [-0.1, -0.05) is 52.0 Å². The van der Waals surface area contributed by atoms with Crippen molar-refractivity contribution in [1.82, 2.24) is 10.6 Å². The van der Waals surface area contributed by atoms with Crippen LogP contribution in [0.1, 0.15) is 51.7 Å². The van der Waals surface area contributed by atoms with E-state index in [0.29, 0.717) is 12.5 Å². The Kier molecular flexibility index (Phi) is 7.23. The van der Waals surface area contributed by atoms with E-state index < -0.39 is 12.1 Å². The van der Waals surface area contributed by atoms with Gasteiger partial charge in [0, 0.05) is 6.54 Å². The van der Waals surface area contributed by atoms with E-state index in [0.717, 1.165) is 5.56 Å². The molecule has 4 N–H and O–H groups in total. The first-order valence-corrected chi connectivity index (χ1v) is 8.14. The van der Waals surface area contributed by atoms with Gasteiger partial charge in [-0.15, -0.1) is 0 Å². The molecule has 2 amide bonds.